The first-order valence-corrected chi connectivity index (χ1v) is 11.6. The van der Waals surface area contributed by atoms with Gasteiger partial charge in [-0.1, -0.05) is 12.1 Å². The smallest absolute Gasteiger partial charge is 0.302 e. The Kier molecular flexibility index (Phi) is 5.74. The molecule has 0 spiro atoms. The van der Waals surface area contributed by atoms with Gasteiger partial charge in [-0.05, 0) is 43.4 Å². The number of ether oxygens (including phenoxy) is 1. The van der Waals surface area contributed by atoms with Gasteiger partial charge in [-0.2, -0.15) is 0 Å². The molecule has 33 heavy (non-hydrogen) atoms. The van der Waals surface area contributed by atoms with Crippen molar-refractivity contribution >= 4 is 50.3 Å². The number of methoxy groups -OCH3 is 1. The van der Waals surface area contributed by atoms with Gasteiger partial charge in [0.05, 0.1) is 17.6 Å². The van der Waals surface area contributed by atoms with Crippen LogP contribution in [-0.4, -0.2) is 32.1 Å². The maximum absolute atomic E-state index is 13.0. The van der Waals surface area contributed by atoms with Crippen LogP contribution in [0.5, 0.6) is 0 Å². The maximum atomic E-state index is 13.0. The molecule has 5 rings (SSSR count). The van der Waals surface area contributed by atoms with Gasteiger partial charge in [-0.15, -0.1) is 11.3 Å². The van der Waals surface area contributed by atoms with E-state index in [9.17, 15) is 14.4 Å². The predicted molar refractivity (Wildman–Crippen MR) is 125 cm³/mol. The van der Waals surface area contributed by atoms with E-state index in [1.165, 1.54) is 17.4 Å². The molecule has 8 nitrogen and oxygen atoms in total. The van der Waals surface area contributed by atoms with Crippen molar-refractivity contribution in [2.75, 3.05) is 25.6 Å². The lowest BCUT2D eigenvalue weighted by Gasteiger charge is -2.13. The summed E-state index contributed by atoms with van der Waals surface area (Å²) in [5.74, 6) is -0.853. The van der Waals surface area contributed by atoms with Gasteiger partial charge in [0.2, 0.25) is 5.43 Å². The second-order valence-corrected chi connectivity index (χ2v) is 8.96. The standard InChI is InChI=1S/C24H22N2O6S/c1-30-11-10-25-22(29)19-14-7-3-5-9-18(14)33-23(19)26-21(28)17-12-15-20(27)13-6-2-4-8-16(13)31-24(15)32-17/h2,4,6,8,12H,3,5,7,9-11H2,1H3,(H,25,29)(H,26,28). The lowest BCUT2D eigenvalue weighted by molar-refractivity contribution is 0.0937. The van der Waals surface area contributed by atoms with E-state index < -0.39 is 5.91 Å². The number of carbonyl (C=O) groups excluding carboxylic acids is 2. The van der Waals surface area contributed by atoms with Gasteiger partial charge < -0.3 is 24.2 Å². The van der Waals surface area contributed by atoms with E-state index in [4.69, 9.17) is 13.6 Å². The average Bonchev–Trinajstić information content (AvgIpc) is 3.41. The number of aryl methyl sites for hydroxylation is 1. The van der Waals surface area contributed by atoms with Crippen molar-refractivity contribution in [1.82, 2.24) is 5.32 Å². The highest BCUT2D eigenvalue weighted by molar-refractivity contribution is 7.17. The van der Waals surface area contributed by atoms with E-state index in [1.54, 1.807) is 31.4 Å². The molecule has 0 saturated heterocycles. The lowest BCUT2D eigenvalue weighted by atomic mass is 9.95. The van der Waals surface area contributed by atoms with Gasteiger partial charge in [0.15, 0.2) is 5.76 Å². The summed E-state index contributed by atoms with van der Waals surface area (Å²) in [4.78, 5) is 39.8. The number of nitrogens with one attached hydrogen (secondary N) is 2. The highest BCUT2D eigenvalue weighted by atomic mass is 32.1. The molecule has 9 heteroatoms. The molecule has 0 unspecified atom stereocenters. The maximum Gasteiger partial charge on any atom is 0.302 e. The van der Waals surface area contributed by atoms with E-state index in [0.717, 1.165) is 36.1 Å². The number of carbonyl (C=O) groups is 2. The number of amides is 2. The van der Waals surface area contributed by atoms with Crippen LogP contribution in [0.25, 0.3) is 22.1 Å². The molecule has 0 atom stereocenters. The van der Waals surface area contributed by atoms with Gasteiger partial charge in [0.25, 0.3) is 11.8 Å². The second-order valence-electron chi connectivity index (χ2n) is 7.86. The van der Waals surface area contributed by atoms with Crippen LogP contribution in [-0.2, 0) is 17.6 Å². The Morgan fingerprint density at radius 1 is 1.09 bits per heavy atom. The fraction of sp³-hybridized carbons (Fsp3) is 0.292. The average molecular weight is 467 g/mol. The van der Waals surface area contributed by atoms with E-state index in [2.05, 4.69) is 10.6 Å². The zero-order valence-electron chi connectivity index (χ0n) is 18.0. The van der Waals surface area contributed by atoms with Gasteiger partial charge in [0.1, 0.15) is 16.0 Å². The number of hydrogen-bond acceptors (Lipinski definition) is 7. The first-order chi connectivity index (χ1) is 16.1. The van der Waals surface area contributed by atoms with Crippen molar-refractivity contribution in [3.8, 4) is 0 Å². The fourth-order valence-electron chi connectivity index (χ4n) is 4.12. The van der Waals surface area contributed by atoms with E-state index >= 15 is 0 Å². The van der Waals surface area contributed by atoms with Crippen molar-refractivity contribution in [2.45, 2.75) is 25.7 Å². The Balaban J connectivity index is 1.48. The number of para-hydroxylation sites is 1. The first-order valence-electron chi connectivity index (χ1n) is 10.7. The molecular weight excluding hydrogens is 444 g/mol. The van der Waals surface area contributed by atoms with Crippen molar-refractivity contribution in [1.29, 1.82) is 0 Å². The quantitative estimate of drug-likeness (QED) is 0.414. The van der Waals surface area contributed by atoms with Crippen molar-refractivity contribution in [3.05, 3.63) is 62.3 Å². The van der Waals surface area contributed by atoms with Crippen LogP contribution in [0.4, 0.5) is 5.00 Å². The molecule has 2 N–H and O–H groups in total. The monoisotopic (exact) mass is 466 g/mol. The zero-order chi connectivity index (χ0) is 22.9. The van der Waals surface area contributed by atoms with E-state index in [-0.39, 0.29) is 28.3 Å². The molecule has 3 heterocycles. The normalized spacial score (nSPS) is 13.2. The van der Waals surface area contributed by atoms with Crippen LogP contribution < -0.4 is 16.1 Å². The molecular formula is C24H22N2O6S. The van der Waals surface area contributed by atoms with Crippen LogP contribution in [0, 0.1) is 0 Å². The Bertz CT molecular complexity index is 1430. The molecule has 4 aromatic rings. The molecule has 170 valence electrons. The summed E-state index contributed by atoms with van der Waals surface area (Å²) in [7, 11) is 1.57. The van der Waals surface area contributed by atoms with Crippen LogP contribution in [0.3, 0.4) is 0 Å². The molecule has 0 aliphatic heterocycles. The van der Waals surface area contributed by atoms with Crippen LogP contribution in [0.15, 0.2) is 44.0 Å². The van der Waals surface area contributed by atoms with Crippen molar-refractivity contribution in [3.63, 3.8) is 0 Å². The molecule has 2 amide bonds. The Hall–Kier alpha value is -3.43. The Morgan fingerprint density at radius 3 is 2.76 bits per heavy atom. The molecule has 1 aliphatic rings. The Morgan fingerprint density at radius 2 is 1.91 bits per heavy atom. The van der Waals surface area contributed by atoms with E-state index in [0.29, 0.717) is 34.7 Å². The zero-order valence-corrected chi connectivity index (χ0v) is 18.8. The minimum absolute atomic E-state index is 0.00754. The van der Waals surface area contributed by atoms with Crippen LogP contribution in [0.2, 0.25) is 0 Å². The first kappa shape index (κ1) is 21.4. The number of hydrogen-bond donors (Lipinski definition) is 2. The molecule has 3 aromatic heterocycles. The number of fused-ring (bicyclic) bond motifs is 3. The van der Waals surface area contributed by atoms with Gasteiger partial charge >= 0.3 is 5.78 Å². The largest absolute Gasteiger partial charge is 0.425 e. The number of furan rings is 1. The summed E-state index contributed by atoms with van der Waals surface area (Å²) in [6, 6.07) is 8.22. The summed E-state index contributed by atoms with van der Waals surface area (Å²) < 4.78 is 16.3. The third kappa shape index (κ3) is 3.94. The number of benzene rings is 1. The molecule has 0 fully saturated rings. The highest BCUT2D eigenvalue weighted by Gasteiger charge is 2.27. The number of rotatable bonds is 6. The van der Waals surface area contributed by atoms with Crippen molar-refractivity contribution in [2.24, 2.45) is 0 Å². The van der Waals surface area contributed by atoms with Gasteiger partial charge in [0, 0.05) is 24.6 Å². The van der Waals surface area contributed by atoms with Crippen LogP contribution in [0.1, 0.15) is 44.2 Å². The highest BCUT2D eigenvalue weighted by Crippen LogP contribution is 2.38. The van der Waals surface area contributed by atoms with Gasteiger partial charge in [-0.3, -0.25) is 14.4 Å². The summed E-state index contributed by atoms with van der Waals surface area (Å²) >= 11 is 1.41. The third-order valence-electron chi connectivity index (χ3n) is 5.72. The summed E-state index contributed by atoms with van der Waals surface area (Å²) in [6.07, 6.45) is 3.73. The predicted octanol–water partition coefficient (Wildman–Crippen LogP) is 4.11. The topological polar surface area (TPSA) is 111 Å². The minimum atomic E-state index is -0.547. The number of thiophene rings is 1. The SMILES string of the molecule is COCCNC(=O)c1c(NC(=O)c2cc3c(=O)c4ccccc4oc3o2)sc2c1CCCC2. The Labute approximate surface area is 192 Å². The van der Waals surface area contributed by atoms with Crippen molar-refractivity contribution < 1.29 is 23.2 Å². The summed E-state index contributed by atoms with van der Waals surface area (Å²) in [5, 5.41) is 6.77. The van der Waals surface area contributed by atoms with E-state index in [1.807, 2.05) is 0 Å². The third-order valence-corrected chi connectivity index (χ3v) is 6.93. The number of anilines is 1. The summed E-state index contributed by atoms with van der Waals surface area (Å²) in [5.41, 5.74) is 1.61. The fourth-order valence-corrected chi connectivity index (χ4v) is 5.40. The van der Waals surface area contributed by atoms with Gasteiger partial charge in [-0.25, -0.2) is 0 Å². The molecule has 0 saturated carbocycles. The molecule has 0 bridgehead atoms. The molecule has 1 aliphatic carbocycles. The summed E-state index contributed by atoms with van der Waals surface area (Å²) in [6.45, 7) is 0.770. The van der Waals surface area contributed by atoms with Crippen LogP contribution >= 0.6 is 11.3 Å². The minimum Gasteiger partial charge on any atom is -0.425 e. The molecule has 0 radical (unpaired) electrons. The second kappa shape index (κ2) is 8.84. The lowest BCUT2D eigenvalue weighted by Crippen LogP contribution is -2.28. The molecule has 1 aromatic carbocycles.